The predicted molar refractivity (Wildman–Crippen MR) is 68.4 cm³/mol. The van der Waals surface area contributed by atoms with Crippen molar-refractivity contribution in [2.75, 3.05) is 11.4 Å². The van der Waals surface area contributed by atoms with Crippen molar-refractivity contribution in [2.24, 2.45) is 0 Å². The summed E-state index contributed by atoms with van der Waals surface area (Å²) in [6.45, 7) is 0.454. The Morgan fingerprint density at radius 1 is 1.29 bits per heavy atom. The van der Waals surface area contributed by atoms with Crippen molar-refractivity contribution < 1.29 is 13.6 Å². The summed E-state index contributed by atoms with van der Waals surface area (Å²) in [6.07, 6.45) is 1.52. The lowest BCUT2D eigenvalue weighted by Crippen LogP contribution is -2.42. The molecule has 0 radical (unpaired) electrons. The van der Waals surface area contributed by atoms with Crippen molar-refractivity contribution in [2.45, 2.75) is 17.7 Å². The van der Waals surface area contributed by atoms with Crippen LogP contribution in [0.15, 0.2) is 16.6 Å². The first-order valence-electron chi connectivity index (χ1n) is 5.10. The third kappa shape index (κ3) is 2.52. The van der Waals surface area contributed by atoms with E-state index in [1.165, 1.54) is 11.0 Å². The molecule has 1 aliphatic heterocycles. The molecule has 2 rings (SSSR count). The Morgan fingerprint density at radius 3 is 2.71 bits per heavy atom. The molecule has 6 heteroatoms. The summed E-state index contributed by atoms with van der Waals surface area (Å²) in [5.74, 6) is -1.58. The van der Waals surface area contributed by atoms with E-state index in [0.29, 0.717) is 6.54 Å². The quantitative estimate of drug-likeness (QED) is 0.547. The zero-order valence-corrected chi connectivity index (χ0v) is 11.9. The number of rotatable bonds is 1. The van der Waals surface area contributed by atoms with E-state index in [1.54, 1.807) is 0 Å². The molecule has 0 spiro atoms. The SMILES string of the molecule is O=C1C(Br)CCCN1c1cc(Br)c(F)cc1F. The summed E-state index contributed by atoms with van der Waals surface area (Å²) >= 11 is 6.24. The van der Waals surface area contributed by atoms with Crippen molar-refractivity contribution in [3.05, 3.63) is 28.2 Å². The second-order valence-electron chi connectivity index (χ2n) is 3.82. The average molecular weight is 369 g/mol. The first kappa shape index (κ1) is 13.0. The number of halogens is 4. The Kier molecular flexibility index (Phi) is 3.82. The van der Waals surface area contributed by atoms with E-state index in [-0.39, 0.29) is 20.9 Å². The lowest BCUT2D eigenvalue weighted by atomic mass is 10.1. The molecule has 1 unspecified atom stereocenters. The van der Waals surface area contributed by atoms with Crippen LogP contribution in [0.3, 0.4) is 0 Å². The molecule has 1 fully saturated rings. The number of carbonyl (C=O) groups excluding carboxylic acids is 1. The van der Waals surface area contributed by atoms with Gasteiger partial charge in [-0.3, -0.25) is 4.79 Å². The van der Waals surface area contributed by atoms with Crippen molar-refractivity contribution in [3.63, 3.8) is 0 Å². The summed E-state index contributed by atoms with van der Waals surface area (Å²) in [4.78, 5) is 12.9. The van der Waals surface area contributed by atoms with E-state index < -0.39 is 11.6 Å². The Labute approximate surface area is 114 Å². The maximum absolute atomic E-state index is 13.6. The molecule has 92 valence electrons. The van der Waals surface area contributed by atoms with Gasteiger partial charge in [-0.15, -0.1) is 0 Å². The van der Waals surface area contributed by atoms with Gasteiger partial charge in [-0.25, -0.2) is 8.78 Å². The lowest BCUT2D eigenvalue weighted by molar-refractivity contribution is -0.118. The second kappa shape index (κ2) is 5.02. The average Bonchev–Trinajstić information content (AvgIpc) is 2.28. The number of benzene rings is 1. The highest BCUT2D eigenvalue weighted by Crippen LogP contribution is 2.30. The van der Waals surface area contributed by atoms with Crippen LogP contribution in [0.25, 0.3) is 0 Å². The van der Waals surface area contributed by atoms with Gasteiger partial charge in [0.1, 0.15) is 11.6 Å². The van der Waals surface area contributed by atoms with Gasteiger partial charge in [0, 0.05) is 12.6 Å². The van der Waals surface area contributed by atoms with Crippen molar-refractivity contribution >= 4 is 43.5 Å². The number of hydrogen-bond donors (Lipinski definition) is 0. The molecule has 1 aromatic rings. The molecule has 1 heterocycles. The minimum atomic E-state index is -0.722. The van der Waals surface area contributed by atoms with Crippen LogP contribution in [-0.2, 0) is 4.79 Å². The summed E-state index contributed by atoms with van der Waals surface area (Å²) in [6, 6.07) is 2.08. The molecule has 1 amide bonds. The van der Waals surface area contributed by atoms with E-state index in [4.69, 9.17) is 0 Å². The van der Waals surface area contributed by atoms with Gasteiger partial charge in [-0.05, 0) is 34.8 Å². The number of alkyl halides is 1. The molecule has 1 atom stereocenters. The molecule has 0 aromatic heterocycles. The van der Waals surface area contributed by atoms with Crippen LogP contribution in [0, 0.1) is 11.6 Å². The van der Waals surface area contributed by atoms with Gasteiger partial charge >= 0.3 is 0 Å². The molecule has 2 nitrogen and oxygen atoms in total. The van der Waals surface area contributed by atoms with Crippen LogP contribution >= 0.6 is 31.9 Å². The van der Waals surface area contributed by atoms with Gasteiger partial charge in [0.15, 0.2) is 0 Å². The molecule has 1 aliphatic rings. The summed E-state index contributed by atoms with van der Waals surface area (Å²) in [5.41, 5.74) is 0.118. The smallest absolute Gasteiger partial charge is 0.240 e. The Balaban J connectivity index is 2.39. The van der Waals surface area contributed by atoms with Gasteiger partial charge < -0.3 is 4.90 Å². The summed E-state index contributed by atoms with van der Waals surface area (Å²) < 4.78 is 26.9. The Bertz CT molecular complexity index is 467. The zero-order valence-electron chi connectivity index (χ0n) is 8.72. The van der Waals surface area contributed by atoms with Crippen molar-refractivity contribution in [3.8, 4) is 0 Å². The van der Waals surface area contributed by atoms with Crippen LogP contribution in [0.2, 0.25) is 0 Å². The monoisotopic (exact) mass is 367 g/mol. The van der Waals surface area contributed by atoms with Gasteiger partial charge in [0.25, 0.3) is 0 Å². The third-order valence-electron chi connectivity index (χ3n) is 2.65. The molecule has 0 saturated carbocycles. The highest BCUT2D eigenvalue weighted by atomic mass is 79.9. The van der Waals surface area contributed by atoms with Crippen LogP contribution in [0.1, 0.15) is 12.8 Å². The van der Waals surface area contributed by atoms with E-state index in [2.05, 4.69) is 31.9 Å². The molecular formula is C11H9Br2F2NO. The second-order valence-corrected chi connectivity index (χ2v) is 5.78. The topological polar surface area (TPSA) is 20.3 Å². The van der Waals surface area contributed by atoms with Gasteiger partial charge in [0.05, 0.1) is 15.0 Å². The van der Waals surface area contributed by atoms with Gasteiger partial charge in [-0.2, -0.15) is 0 Å². The number of nitrogens with zero attached hydrogens (tertiary/aromatic N) is 1. The number of hydrogen-bond acceptors (Lipinski definition) is 1. The Morgan fingerprint density at radius 2 is 2.00 bits per heavy atom. The first-order chi connectivity index (χ1) is 8.00. The van der Waals surface area contributed by atoms with E-state index in [9.17, 15) is 13.6 Å². The molecule has 0 aliphatic carbocycles. The maximum atomic E-state index is 13.6. The van der Waals surface area contributed by atoms with Crippen LogP contribution in [0.4, 0.5) is 14.5 Å². The number of carbonyl (C=O) groups is 1. The van der Waals surface area contributed by atoms with Crippen molar-refractivity contribution in [1.29, 1.82) is 0 Å². The maximum Gasteiger partial charge on any atom is 0.240 e. The van der Waals surface area contributed by atoms with E-state index in [1.807, 2.05) is 0 Å². The fourth-order valence-corrected chi connectivity index (χ4v) is 2.69. The molecule has 17 heavy (non-hydrogen) atoms. The van der Waals surface area contributed by atoms with Crippen LogP contribution < -0.4 is 4.90 Å². The molecule has 0 N–H and O–H groups in total. The fourth-order valence-electron chi connectivity index (χ4n) is 1.79. The zero-order chi connectivity index (χ0) is 12.6. The molecule has 0 bridgehead atoms. The molecule has 1 saturated heterocycles. The van der Waals surface area contributed by atoms with Crippen LogP contribution in [0.5, 0.6) is 0 Å². The van der Waals surface area contributed by atoms with Crippen molar-refractivity contribution in [1.82, 2.24) is 0 Å². The Hall–Kier alpha value is -0.490. The third-order valence-corrected chi connectivity index (χ3v) is 4.11. The highest BCUT2D eigenvalue weighted by Gasteiger charge is 2.29. The van der Waals surface area contributed by atoms with Crippen LogP contribution in [-0.4, -0.2) is 17.3 Å². The molecular weight excluding hydrogens is 360 g/mol. The van der Waals surface area contributed by atoms with E-state index in [0.717, 1.165) is 18.9 Å². The number of amides is 1. The highest BCUT2D eigenvalue weighted by molar-refractivity contribution is 9.10. The normalized spacial score (nSPS) is 20.8. The predicted octanol–water partition coefficient (Wildman–Crippen LogP) is 3.62. The first-order valence-corrected chi connectivity index (χ1v) is 6.81. The van der Waals surface area contributed by atoms with Gasteiger partial charge in [-0.1, -0.05) is 15.9 Å². The van der Waals surface area contributed by atoms with E-state index >= 15 is 0 Å². The molecule has 1 aromatic carbocycles. The largest absolute Gasteiger partial charge is 0.309 e. The lowest BCUT2D eigenvalue weighted by Gasteiger charge is -2.30. The van der Waals surface area contributed by atoms with Gasteiger partial charge in [0.2, 0.25) is 5.91 Å². The minimum absolute atomic E-state index is 0.118. The summed E-state index contributed by atoms with van der Waals surface area (Å²) in [7, 11) is 0. The number of piperidine rings is 1. The fraction of sp³-hybridized carbons (Fsp3) is 0.364. The summed E-state index contributed by atoms with van der Waals surface area (Å²) in [5, 5.41) is 0. The number of anilines is 1. The minimum Gasteiger partial charge on any atom is -0.309 e. The standard InChI is InChI=1S/C11H9Br2F2NO/c12-6-2-1-3-16(11(6)17)10-4-7(13)8(14)5-9(10)15/h4-6H,1-3H2.